The number of benzene rings is 1. The van der Waals surface area contributed by atoms with Gasteiger partial charge in [0.2, 0.25) is 0 Å². The van der Waals surface area contributed by atoms with Gasteiger partial charge >= 0.3 is 0 Å². The molecule has 1 aromatic rings. The van der Waals surface area contributed by atoms with Crippen molar-refractivity contribution in [2.24, 2.45) is 5.73 Å². The molecule has 0 unspecified atom stereocenters. The third-order valence-corrected chi connectivity index (χ3v) is 1.67. The van der Waals surface area contributed by atoms with Crippen LogP contribution in [0.15, 0.2) is 18.2 Å². The molecule has 0 bridgehead atoms. The fourth-order valence-corrected chi connectivity index (χ4v) is 0.979. The molecule has 70 valence electrons. The summed E-state index contributed by atoms with van der Waals surface area (Å²) >= 11 is 0. The lowest BCUT2D eigenvalue weighted by Crippen LogP contribution is -1.95. The summed E-state index contributed by atoms with van der Waals surface area (Å²) in [6.07, 6.45) is 0.667. The van der Waals surface area contributed by atoms with Gasteiger partial charge in [0.25, 0.3) is 0 Å². The molecule has 0 aromatic heterocycles. The topological polar surface area (TPSA) is 75.8 Å². The minimum Gasteiger partial charge on any atom is -0.398 e. The van der Waals surface area contributed by atoms with Crippen LogP contribution in [-0.2, 0) is 0 Å². The van der Waals surface area contributed by atoms with E-state index in [1.807, 2.05) is 6.07 Å². The highest BCUT2D eigenvalue weighted by molar-refractivity contribution is 5.58. The van der Waals surface area contributed by atoms with Crippen LogP contribution in [0.3, 0.4) is 0 Å². The van der Waals surface area contributed by atoms with Crippen molar-refractivity contribution >= 4 is 5.69 Å². The first-order chi connectivity index (χ1) is 6.77. The molecule has 1 rings (SSSR count). The number of nitrogens with two attached hydrogens (primary N) is 2. The van der Waals surface area contributed by atoms with Crippen LogP contribution >= 0.6 is 0 Å². The summed E-state index contributed by atoms with van der Waals surface area (Å²) in [6.45, 7) is 0.554. The van der Waals surface area contributed by atoms with Crippen molar-refractivity contribution in [3.63, 3.8) is 0 Å². The second-order valence-electron chi connectivity index (χ2n) is 2.75. The zero-order valence-corrected chi connectivity index (χ0v) is 7.75. The Kier molecular flexibility index (Phi) is 3.55. The summed E-state index contributed by atoms with van der Waals surface area (Å²) in [4.78, 5) is 0. The van der Waals surface area contributed by atoms with Gasteiger partial charge in [-0.3, -0.25) is 0 Å². The quantitative estimate of drug-likeness (QED) is 0.503. The molecule has 1 aromatic carbocycles. The van der Waals surface area contributed by atoms with E-state index in [9.17, 15) is 0 Å². The van der Waals surface area contributed by atoms with Gasteiger partial charge in [-0.25, -0.2) is 0 Å². The lowest BCUT2D eigenvalue weighted by atomic mass is 10.1. The number of nitrogen functional groups attached to an aromatic ring is 1. The van der Waals surface area contributed by atoms with Crippen LogP contribution in [0, 0.1) is 23.2 Å². The number of rotatable bonds is 1. The fraction of sp³-hybridized carbons (Fsp3) is 0.182. The van der Waals surface area contributed by atoms with Crippen molar-refractivity contribution < 1.29 is 0 Å². The lowest BCUT2D eigenvalue weighted by molar-refractivity contribution is 1.03. The largest absolute Gasteiger partial charge is 0.398 e. The maximum atomic E-state index is 8.64. The second-order valence-corrected chi connectivity index (χ2v) is 2.75. The number of nitrogens with zero attached hydrogens (tertiary/aromatic N) is 1. The van der Waals surface area contributed by atoms with Crippen molar-refractivity contribution in [3.8, 4) is 17.9 Å². The molecule has 0 atom stereocenters. The zero-order valence-electron chi connectivity index (χ0n) is 7.75. The van der Waals surface area contributed by atoms with Crippen LogP contribution in [0.1, 0.15) is 17.5 Å². The van der Waals surface area contributed by atoms with E-state index in [0.717, 1.165) is 5.56 Å². The van der Waals surface area contributed by atoms with Gasteiger partial charge in [0.05, 0.1) is 11.3 Å². The van der Waals surface area contributed by atoms with Gasteiger partial charge < -0.3 is 11.5 Å². The average Bonchev–Trinajstić information content (AvgIpc) is 2.18. The maximum absolute atomic E-state index is 8.64. The second kappa shape index (κ2) is 4.91. The number of anilines is 1. The van der Waals surface area contributed by atoms with Gasteiger partial charge in [0.15, 0.2) is 0 Å². The SMILES string of the molecule is N#Cc1ccc(C#CCCN)cc1N. The highest BCUT2D eigenvalue weighted by Crippen LogP contribution is 2.11. The third-order valence-electron chi connectivity index (χ3n) is 1.67. The molecule has 0 saturated heterocycles. The van der Waals surface area contributed by atoms with Crippen LogP contribution in [-0.4, -0.2) is 6.54 Å². The minimum atomic E-state index is 0.465. The molecule has 0 radical (unpaired) electrons. The van der Waals surface area contributed by atoms with Gasteiger partial charge in [-0.2, -0.15) is 5.26 Å². The number of hydrogen-bond donors (Lipinski definition) is 2. The van der Waals surface area contributed by atoms with E-state index in [2.05, 4.69) is 11.8 Å². The van der Waals surface area contributed by atoms with Gasteiger partial charge in [-0.15, -0.1) is 0 Å². The van der Waals surface area contributed by atoms with Crippen LogP contribution in [0.25, 0.3) is 0 Å². The number of nitriles is 1. The summed E-state index contributed by atoms with van der Waals surface area (Å²) in [7, 11) is 0. The maximum Gasteiger partial charge on any atom is 0.101 e. The van der Waals surface area contributed by atoms with Gasteiger partial charge in [-0.05, 0) is 18.2 Å². The average molecular weight is 185 g/mol. The van der Waals surface area contributed by atoms with Crippen molar-refractivity contribution in [1.82, 2.24) is 0 Å². The van der Waals surface area contributed by atoms with Crippen LogP contribution in [0.5, 0.6) is 0 Å². The molecule has 0 spiro atoms. The molecule has 0 heterocycles. The van der Waals surface area contributed by atoms with Crippen molar-refractivity contribution in [2.75, 3.05) is 12.3 Å². The molecule has 0 aliphatic heterocycles. The highest BCUT2D eigenvalue weighted by Gasteiger charge is 1.96. The molecule has 0 fully saturated rings. The van der Waals surface area contributed by atoms with Crippen molar-refractivity contribution in [2.45, 2.75) is 6.42 Å². The lowest BCUT2D eigenvalue weighted by Gasteiger charge is -1.96. The Balaban J connectivity index is 2.89. The van der Waals surface area contributed by atoms with Crippen LogP contribution in [0.4, 0.5) is 5.69 Å². The smallest absolute Gasteiger partial charge is 0.101 e. The zero-order chi connectivity index (χ0) is 10.4. The van der Waals surface area contributed by atoms with E-state index in [1.54, 1.807) is 18.2 Å². The van der Waals surface area contributed by atoms with Crippen LogP contribution in [0.2, 0.25) is 0 Å². The van der Waals surface area contributed by atoms with Gasteiger partial charge in [0, 0.05) is 18.5 Å². The summed E-state index contributed by atoms with van der Waals surface area (Å²) in [5.41, 5.74) is 12.7. The first kappa shape index (κ1) is 10.1. The van der Waals surface area contributed by atoms with Gasteiger partial charge in [-0.1, -0.05) is 11.8 Å². The van der Waals surface area contributed by atoms with E-state index in [-0.39, 0.29) is 0 Å². The Bertz CT molecular complexity index is 418. The highest BCUT2D eigenvalue weighted by atomic mass is 14.6. The van der Waals surface area contributed by atoms with E-state index in [0.29, 0.717) is 24.2 Å². The Morgan fingerprint density at radius 2 is 2.14 bits per heavy atom. The molecule has 0 saturated carbocycles. The first-order valence-corrected chi connectivity index (χ1v) is 4.26. The third kappa shape index (κ3) is 2.52. The first-order valence-electron chi connectivity index (χ1n) is 4.26. The predicted molar refractivity (Wildman–Crippen MR) is 56.1 cm³/mol. The minimum absolute atomic E-state index is 0.465. The monoisotopic (exact) mass is 185 g/mol. The molecule has 0 amide bonds. The van der Waals surface area contributed by atoms with Crippen molar-refractivity contribution in [1.29, 1.82) is 5.26 Å². The molecule has 3 nitrogen and oxygen atoms in total. The van der Waals surface area contributed by atoms with E-state index in [4.69, 9.17) is 16.7 Å². The molecular weight excluding hydrogens is 174 g/mol. The summed E-state index contributed by atoms with van der Waals surface area (Å²) < 4.78 is 0. The Morgan fingerprint density at radius 1 is 1.36 bits per heavy atom. The molecule has 0 aliphatic rings. The summed E-state index contributed by atoms with van der Waals surface area (Å²) in [6, 6.07) is 7.14. The Labute approximate surface area is 83.3 Å². The molecule has 4 N–H and O–H groups in total. The van der Waals surface area contributed by atoms with E-state index < -0.39 is 0 Å². The summed E-state index contributed by atoms with van der Waals surface area (Å²) in [5.74, 6) is 5.82. The van der Waals surface area contributed by atoms with Crippen molar-refractivity contribution in [3.05, 3.63) is 29.3 Å². The van der Waals surface area contributed by atoms with E-state index >= 15 is 0 Å². The number of hydrogen-bond acceptors (Lipinski definition) is 3. The Hall–Kier alpha value is -1.97. The van der Waals surface area contributed by atoms with E-state index in [1.165, 1.54) is 0 Å². The normalized spacial score (nSPS) is 8.57. The molecular formula is C11H11N3. The Morgan fingerprint density at radius 3 is 2.71 bits per heavy atom. The standard InChI is InChI=1S/C11H11N3/c12-6-2-1-3-9-4-5-10(8-13)11(14)7-9/h4-5,7H,2,6,12,14H2. The fourth-order valence-electron chi connectivity index (χ4n) is 0.979. The molecule has 14 heavy (non-hydrogen) atoms. The summed E-state index contributed by atoms with van der Waals surface area (Å²) in [5, 5.41) is 8.64. The predicted octanol–water partition coefficient (Wildman–Crippen LogP) is 0.841. The van der Waals surface area contributed by atoms with Crippen LogP contribution < -0.4 is 11.5 Å². The molecule has 0 aliphatic carbocycles. The van der Waals surface area contributed by atoms with Gasteiger partial charge in [0.1, 0.15) is 6.07 Å². The molecule has 3 heteroatoms.